The third-order valence-corrected chi connectivity index (χ3v) is 2.31. The van der Waals surface area contributed by atoms with Crippen molar-refractivity contribution >= 4 is 11.9 Å². The van der Waals surface area contributed by atoms with Gasteiger partial charge in [-0.15, -0.1) is 0 Å². The van der Waals surface area contributed by atoms with E-state index in [1.54, 1.807) is 6.92 Å². The highest BCUT2D eigenvalue weighted by atomic mass is 19.1. The maximum atomic E-state index is 13.2. The van der Waals surface area contributed by atoms with Crippen molar-refractivity contribution < 1.29 is 28.2 Å². The van der Waals surface area contributed by atoms with E-state index in [9.17, 15) is 18.4 Å². The van der Waals surface area contributed by atoms with Crippen LogP contribution in [0.3, 0.4) is 0 Å². The van der Waals surface area contributed by atoms with E-state index < -0.39 is 36.7 Å². The molecule has 19 heavy (non-hydrogen) atoms. The number of hydrogen-bond donors (Lipinski definition) is 1. The summed E-state index contributed by atoms with van der Waals surface area (Å²) in [6.07, 6.45) is 0. The first-order valence-corrected chi connectivity index (χ1v) is 5.51. The minimum absolute atomic E-state index is 0.195. The second-order valence-electron chi connectivity index (χ2n) is 3.67. The molecule has 7 heteroatoms. The molecule has 0 unspecified atom stereocenters. The Kier molecular flexibility index (Phi) is 5.23. The largest absolute Gasteiger partial charge is 0.481 e. The Bertz CT molecular complexity index is 479. The zero-order valence-corrected chi connectivity index (χ0v) is 10.2. The molecule has 0 aliphatic rings. The Labute approximate surface area is 108 Å². The highest BCUT2D eigenvalue weighted by Crippen LogP contribution is 2.17. The van der Waals surface area contributed by atoms with Gasteiger partial charge < -0.3 is 14.7 Å². The summed E-state index contributed by atoms with van der Waals surface area (Å²) >= 11 is 0. The van der Waals surface area contributed by atoms with E-state index in [0.29, 0.717) is 6.07 Å². The standard InChI is InChI=1S/C12H13F2NO4/c1-2-15(6-12(17)18)11(16)7-19-10-4-3-8(13)5-9(10)14/h3-5H,2,6-7H2,1H3,(H,17,18). The van der Waals surface area contributed by atoms with Crippen LogP contribution in [-0.4, -0.2) is 41.6 Å². The lowest BCUT2D eigenvalue weighted by atomic mass is 10.3. The van der Waals surface area contributed by atoms with Crippen molar-refractivity contribution in [2.24, 2.45) is 0 Å². The van der Waals surface area contributed by atoms with E-state index in [4.69, 9.17) is 9.84 Å². The highest BCUT2D eigenvalue weighted by molar-refractivity contribution is 5.82. The molecule has 1 rings (SSSR count). The van der Waals surface area contributed by atoms with Crippen molar-refractivity contribution in [1.29, 1.82) is 0 Å². The van der Waals surface area contributed by atoms with Crippen molar-refractivity contribution in [3.05, 3.63) is 29.8 Å². The van der Waals surface area contributed by atoms with Crippen molar-refractivity contribution in [1.82, 2.24) is 4.90 Å². The van der Waals surface area contributed by atoms with Crippen LogP contribution in [0.4, 0.5) is 8.78 Å². The first kappa shape index (κ1) is 14.9. The number of amides is 1. The Hall–Kier alpha value is -2.18. The van der Waals surface area contributed by atoms with E-state index in [2.05, 4.69) is 0 Å². The summed E-state index contributed by atoms with van der Waals surface area (Å²) in [7, 11) is 0. The summed E-state index contributed by atoms with van der Waals surface area (Å²) in [5.74, 6) is -3.68. The Morgan fingerprint density at radius 1 is 1.37 bits per heavy atom. The molecule has 0 aliphatic carbocycles. The van der Waals surface area contributed by atoms with Crippen LogP contribution in [0.25, 0.3) is 0 Å². The Morgan fingerprint density at radius 2 is 2.05 bits per heavy atom. The monoisotopic (exact) mass is 273 g/mol. The van der Waals surface area contributed by atoms with Gasteiger partial charge in [-0.3, -0.25) is 9.59 Å². The normalized spacial score (nSPS) is 10.1. The number of benzene rings is 1. The first-order valence-electron chi connectivity index (χ1n) is 5.51. The molecule has 0 aromatic heterocycles. The number of carbonyl (C=O) groups is 2. The van der Waals surface area contributed by atoms with Gasteiger partial charge in [0.25, 0.3) is 5.91 Å². The van der Waals surface area contributed by atoms with Crippen LogP contribution in [0.1, 0.15) is 6.92 Å². The number of hydrogen-bond acceptors (Lipinski definition) is 3. The molecule has 0 fully saturated rings. The van der Waals surface area contributed by atoms with Gasteiger partial charge in [-0.2, -0.15) is 0 Å². The maximum absolute atomic E-state index is 13.2. The van der Waals surface area contributed by atoms with E-state index in [1.807, 2.05) is 0 Å². The topological polar surface area (TPSA) is 66.8 Å². The first-order chi connectivity index (χ1) is 8.93. The number of aliphatic carboxylic acids is 1. The lowest BCUT2D eigenvalue weighted by molar-refractivity contribution is -0.145. The number of carboxylic acid groups (broad SMARTS) is 1. The number of likely N-dealkylation sites (N-methyl/N-ethyl adjacent to an activating group) is 1. The zero-order chi connectivity index (χ0) is 14.4. The average Bonchev–Trinajstić information content (AvgIpc) is 2.34. The summed E-state index contributed by atoms with van der Waals surface area (Å²) in [5, 5.41) is 8.59. The van der Waals surface area contributed by atoms with Gasteiger partial charge in [0.1, 0.15) is 12.4 Å². The smallest absolute Gasteiger partial charge is 0.323 e. The second kappa shape index (κ2) is 6.67. The fraction of sp³-hybridized carbons (Fsp3) is 0.333. The molecular formula is C12H13F2NO4. The third kappa shape index (κ3) is 4.53. The van der Waals surface area contributed by atoms with Crippen LogP contribution in [-0.2, 0) is 9.59 Å². The molecule has 0 saturated heterocycles. The summed E-state index contributed by atoms with van der Waals surface area (Å²) in [6, 6.07) is 2.69. The maximum Gasteiger partial charge on any atom is 0.323 e. The van der Waals surface area contributed by atoms with Crippen LogP contribution in [0.2, 0.25) is 0 Å². The lowest BCUT2D eigenvalue weighted by Gasteiger charge is -2.18. The summed E-state index contributed by atoms with van der Waals surface area (Å²) in [5.41, 5.74) is 0. The van der Waals surface area contributed by atoms with Crippen LogP contribution in [0.15, 0.2) is 18.2 Å². The lowest BCUT2D eigenvalue weighted by Crippen LogP contribution is -2.38. The van der Waals surface area contributed by atoms with Crippen molar-refractivity contribution in [3.8, 4) is 5.75 Å². The molecule has 0 atom stereocenters. The minimum atomic E-state index is -1.15. The van der Waals surface area contributed by atoms with E-state index >= 15 is 0 Å². The van der Waals surface area contributed by atoms with E-state index in [0.717, 1.165) is 17.0 Å². The SMILES string of the molecule is CCN(CC(=O)O)C(=O)COc1ccc(F)cc1F. The molecule has 0 spiro atoms. The van der Waals surface area contributed by atoms with Gasteiger partial charge in [-0.25, -0.2) is 8.78 Å². The Balaban J connectivity index is 2.60. The number of rotatable bonds is 6. The predicted molar refractivity (Wildman–Crippen MR) is 61.7 cm³/mol. The van der Waals surface area contributed by atoms with Gasteiger partial charge in [0, 0.05) is 12.6 Å². The van der Waals surface area contributed by atoms with Gasteiger partial charge >= 0.3 is 5.97 Å². The summed E-state index contributed by atoms with van der Waals surface area (Å²) in [6.45, 7) is 0.841. The number of ether oxygens (including phenoxy) is 1. The molecule has 1 amide bonds. The molecule has 1 aromatic carbocycles. The van der Waals surface area contributed by atoms with Gasteiger partial charge in [0.2, 0.25) is 0 Å². The van der Waals surface area contributed by atoms with Crippen molar-refractivity contribution in [2.45, 2.75) is 6.92 Å². The predicted octanol–water partition coefficient (Wildman–Crippen LogP) is 1.28. The number of nitrogens with zero attached hydrogens (tertiary/aromatic N) is 1. The zero-order valence-electron chi connectivity index (χ0n) is 10.2. The van der Waals surface area contributed by atoms with Crippen LogP contribution in [0, 0.1) is 11.6 Å². The average molecular weight is 273 g/mol. The molecule has 104 valence electrons. The fourth-order valence-corrected chi connectivity index (χ4v) is 1.36. The van der Waals surface area contributed by atoms with E-state index in [1.165, 1.54) is 0 Å². The quantitative estimate of drug-likeness (QED) is 0.847. The molecule has 0 aliphatic heterocycles. The molecular weight excluding hydrogens is 260 g/mol. The van der Waals surface area contributed by atoms with E-state index in [-0.39, 0.29) is 12.3 Å². The Morgan fingerprint density at radius 3 is 2.58 bits per heavy atom. The molecule has 0 heterocycles. The van der Waals surface area contributed by atoms with Crippen molar-refractivity contribution in [3.63, 3.8) is 0 Å². The van der Waals surface area contributed by atoms with Crippen LogP contribution >= 0.6 is 0 Å². The number of halogens is 2. The number of carbonyl (C=O) groups excluding carboxylic acids is 1. The molecule has 0 bridgehead atoms. The third-order valence-electron chi connectivity index (χ3n) is 2.31. The highest BCUT2D eigenvalue weighted by Gasteiger charge is 2.16. The molecule has 1 N–H and O–H groups in total. The van der Waals surface area contributed by atoms with Crippen molar-refractivity contribution in [2.75, 3.05) is 19.7 Å². The molecule has 1 aromatic rings. The number of carboxylic acids is 1. The van der Waals surface area contributed by atoms with Crippen LogP contribution < -0.4 is 4.74 Å². The molecule has 5 nitrogen and oxygen atoms in total. The second-order valence-corrected chi connectivity index (χ2v) is 3.67. The summed E-state index contributed by atoms with van der Waals surface area (Å²) in [4.78, 5) is 23.2. The van der Waals surface area contributed by atoms with Gasteiger partial charge in [0.05, 0.1) is 0 Å². The summed E-state index contributed by atoms with van der Waals surface area (Å²) < 4.78 is 30.7. The van der Waals surface area contributed by atoms with Crippen LogP contribution in [0.5, 0.6) is 5.75 Å². The molecule has 0 saturated carbocycles. The molecule has 0 radical (unpaired) electrons. The van der Waals surface area contributed by atoms with Gasteiger partial charge in [-0.1, -0.05) is 0 Å². The minimum Gasteiger partial charge on any atom is -0.481 e. The van der Waals surface area contributed by atoms with Gasteiger partial charge in [-0.05, 0) is 19.1 Å². The van der Waals surface area contributed by atoms with Gasteiger partial charge in [0.15, 0.2) is 18.2 Å². The fourth-order valence-electron chi connectivity index (χ4n) is 1.36.